The fourth-order valence-corrected chi connectivity index (χ4v) is 0.649. The molecule has 0 bridgehead atoms. The largest absolute Gasteiger partial charge is 0.349 e. The number of hydrogen-bond donors (Lipinski definition) is 2. The molecule has 1 aromatic rings. The van der Waals surface area contributed by atoms with Gasteiger partial charge in [0.15, 0.2) is 0 Å². The van der Waals surface area contributed by atoms with Crippen LogP contribution in [0.3, 0.4) is 0 Å². The third-order valence-corrected chi connectivity index (χ3v) is 1.12. The number of H-pyrrole nitrogens is 1. The van der Waals surface area contributed by atoms with Gasteiger partial charge in [0.1, 0.15) is 5.82 Å². The van der Waals surface area contributed by atoms with Crippen molar-refractivity contribution >= 4 is 10.0 Å². The number of nitrogens with zero attached hydrogens (tertiary/aromatic N) is 1. The zero-order valence-electron chi connectivity index (χ0n) is 8.03. The van der Waals surface area contributed by atoms with E-state index in [1.807, 2.05) is 13.1 Å². The number of hydrogen-bond acceptors (Lipinski definition) is 3. The minimum atomic E-state index is -3.17. The third kappa shape index (κ3) is 9.03. The Labute approximate surface area is 78.4 Å². The minimum Gasteiger partial charge on any atom is -0.349 e. The van der Waals surface area contributed by atoms with Crippen LogP contribution >= 0.6 is 0 Å². The van der Waals surface area contributed by atoms with Gasteiger partial charge in [0.05, 0.1) is 11.9 Å². The zero-order valence-corrected chi connectivity index (χ0v) is 8.85. The van der Waals surface area contributed by atoms with Crippen LogP contribution < -0.4 is 5.14 Å². The number of rotatable bonds is 1. The molecule has 76 valence electrons. The highest BCUT2D eigenvalue weighted by Gasteiger charge is 1.89. The van der Waals surface area contributed by atoms with Gasteiger partial charge in [0.25, 0.3) is 0 Å². The number of nitrogens with two attached hydrogens (primary N) is 1. The third-order valence-electron chi connectivity index (χ3n) is 1.12. The number of aryl methyl sites for hydroxylation is 2. The smallest absolute Gasteiger partial charge is 0.206 e. The molecule has 0 aliphatic carbocycles. The predicted octanol–water partition coefficient (Wildman–Crippen LogP) is 0.185. The van der Waals surface area contributed by atoms with Gasteiger partial charge in [-0.25, -0.2) is 18.5 Å². The zero-order chi connectivity index (χ0) is 10.5. The lowest BCUT2D eigenvalue weighted by Crippen LogP contribution is -2.07. The number of aromatic nitrogens is 2. The maximum atomic E-state index is 9.41. The Bertz CT molecular complexity index is 334. The van der Waals surface area contributed by atoms with Crippen LogP contribution in [0.25, 0.3) is 0 Å². The highest BCUT2D eigenvalue weighted by Crippen LogP contribution is 1.94. The average molecular weight is 205 g/mol. The van der Waals surface area contributed by atoms with E-state index in [9.17, 15) is 8.42 Å². The first-order valence-electron chi connectivity index (χ1n) is 3.81. The molecule has 0 amide bonds. The molecule has 1 rings (SSSR count). The molecule has 1 heterocycles. The molecule has 0 atom stereocenters. The molecule has 0 saturated heterocycles. The van der Waals surface area contributed by atoms with Crippen LogP contribution in [-0.2, 0) is 16.4 Å². The molecule has 0 saturated carbocycles. The Hall–Kier alpha value is -0.880. The molecular formula is C7H15N3O2S. The summed E-state index contributed by atoms with van der Waals surface area (Å²) in [6.07, 6.45) is 3.90. The molecule has 5 nitrogen and oxygen atoms in total. The van der Waals surface area contributed by atoms with Gasteiger partial charge in [0.2, 0.25) is 10.0 Å². The first-order valence-corrected chi connectivity index (χ1v) is 5.77. The number of sulfonamides is 1. The summed E-state index contributed by atoms with van der Waals surface area (Å²) in [5.74, 6) is 1.00. The van der Waals surface area contributed by atoms with E-state index in [1.165, 1.54) is 0 Å². The molecule has 3 N–H and O–H groups in total. The summed E-state index contributed by atoms with van der Waals surface area (Å²) in [5.41, 5.74) is 1.14. The molecule has 0 unspecified atom stereocenters. The van der Waals surface area contributed by atoms with Gasteiger partial charge in [-0.2, -0.15) is 0 Å². The molecule has 1 aromatic heterocycles. The van der Waals surface area contributed by atoms with Gasteiger partial charge in [-0.05, 0) is 13.3 Å². The second kappa shape index (κ2) is 4.98. The van der Waals surface area contributed by atoms with Gasteiger partial charge in [-0.1, -0.05) is 6.92 Å². The lowest BCUT2D eigenvalue weighted by atomic mass is 10.4. The minimum absolute atomic E-state index is 0.938. The Kier molecular flexibility index (Phi) is 4.64. The van der Waals surface area contributed by atoms with Crippen molar-refractivity contribution in [2.24, 2.45) is 5.14 Å². The second-order valence-corrected chi connectivity index (χ2v) is 4.32. The fraction of sp³-hybridized carbons (Fsp3) is 0.571. The fourth-order valence-electron chi connectivity index (χ4n) is 0.649. The van der Waals surface area contributed by atoms with Gasteiger partial charge in [0, 0.05) is 6.20 Å². The Morgan fingerprint density at radius 2 is 2.08 bits per heavy atom. The summed E-state index contributed by atoms with van der Waals surface area (Å²) in [4.78, 5) is 7.18. The van der Waals surface area contributed by atoms with Crippen molar-refractivity contribution in [1.29, 1.82) is 0 Å². The molecule has 6 heteroatoms. The van der Waals surface area contributed by atoms with Crippen LogP contribution in [-0.4, -0.2) is 24.6 Å². The lowest BCUT2D eigenvalue weighted by Gasteiger charge is -1.79. The van der Waals surface area contributed by atoms with Gasteiger partial charge < -0.3 is 4.98 Å². The van der Waals surface area contributed by atoms with E-state index in [-0.39, 0.29) is 0 Å². The van der Waals surface area contributed by atoms with E-state index in [0.717, 1.165) is 24.2 Å². The van der Waals surface area contributed by atoms with Crippen molar-refractivity contribution in [3.05, 3.63) is 17.7 Å². The molecular weight excluding hydrogens is 190 g/mol. The Morgan fingerprint density at radius 1 is 1.62 bits per heavy atom. The van der Waals surface area contributed by atoms with Crippen molar-refractivity contribution in [2.45, 2.75) is 20.3 Å². The summed E-state index contributed by atoms with van der Waals surface area (Å²) < 4.78 is 18.8. The first-order chi connectivity index (χ1) is 5.83. The maximum Gasteiger partial charge on any atom is 0.206 e. The van der Waals surface area contributed by atoms with Crippen LogP contribution in [0.4, 0.5) is 0 Å². The van der Waals surface area contributed by atoms with E-state index in [0.29, 0.717) is 0 Å². The summed E-state index contributed by atoms with van der Waals surface area (Å²) in [6.45, 7) is 4.05. The van der Waals surface area contributed by atoms with Crippen molar-refractivity contribution < 1.29 is 8.42 Å². The van der Waals surface area contributed by atoms with E-state index in [1.54, 1.807) is 0 Å². The van der Waals surface area contributed by atoms with Crippen LogP contribution in [0.15, 0.2) is 6.20 Å². The molecule has 0 aliphatic heterocycles. The van der Waals surface area contributed by atoms with E-state index >= 15 is 0 Å². The summed E-state index contributed by atoms with van der Waals surface area (Å²) in [5, 5.41) is 4.33. The van der Waals surface area contributed by atoms with Crippen molar-refractivity contribution in [3.63, 3.8) is 0 Å². The number of primary sulfonamides is 1. The van der Waals surface area contributed by atoms with Gasteiger partial charge in [-0.15, -0.1) is 0 Å². The van der Waals surface area contributed by atoms with Crippen molar-refractivity contribution in [2.75, 3.05) is 6.26 Å². The Balaban J connectivity index is 0.000000252. The molecule has 13 heavy (non-hydrogen) atoms. The molecule has 0 fully saturated rings. The average Bonchev–Trinajstić information content (AvgIpc) is 2.31. The number of aromatic amines is 1. The quantitative estimate of drug-likeness (QED) is 0.685. The van der Waals surface area contributed by atoms with Gasteiger partial charge >= 0.3 is 0 Å². The van der Waals surface area contributed by atoms with Crippen molar-refractivity contribution in [3.8, 4) is 0 Å². The molecule has 0 radical (unpaired) electrons. The van der Waals surface area contributed by atoms with Crippen LogP contribution in [0.2, 0.25) is 0 Å². The maximum absolute atomic E-state index is 9.41. The van der Waals surface area contributed by atoms with E-state index in [4.69, 9.17) is 0 Å². The monoisotopic (exact) mass is 205 g/mol. The Morgan fingerprint density at radius 3 is 2.23 bits per heavy atom. The molecule has 0 spiro atoms. The highest BCUT2D eigenvalue weighted by molar-refractivity contribution is 7.88. The van der Waals surface area contributed by atoms with E-state index < -0.39 is 10.0 Å². The molecule has 0 aromatic carbocycles. The topological polar surface area (TPSA) is 88.8 Å². The standard InChI is InChI=1S/C6H10N2.CH5NO2S/c1-3-6-4-7-5(2)8-6;1-5(2,3)4/h4H,3H2,1-2H3,(H,7,8);1H3,(H2,2,3,4). The summed E-state index contributed by atoms with van der Waals surface area (Å²) in [6, 6.07) is 0. The van der Waals surface area contributed by atoms with Crippen LogP contribution in [0, 0.1) is 6.92 Å². The first kappa shape index (κ1) is 12.1. The highest BCUT2D eigenvalue weighted by atomic mass is 32.2. The van der Waals surface area contributed by atoms with E-state index in [2.05, 4.69) is 22.0 Å². The lowest BCUT2D eigenvalue weighted by molar-refractivity contribution is 0.603. The number of imidazole rings is 1. The van der Waals surface area contributed by atoms with Crippen LogP contribution in [0.1, 0.15) is 18.4 Å². The summed E-state index contributed by atoms with van der Waals surface area (Å²) >= 11 is 0. The number of nitrogens with one attached hydrogen (secondary N) is 1. The second-order valence-electron chi connectivity index (χ2n) is 2.66. The molecule has 0 aliphatic rings. The SMILES string of the molecule is CCc1c[nH]c(C)n1.CS(N)(=O)=O. The van der Waals surface area contributed by atoms with Gasteiger partial charge in [-0.3, -0.25) is 0 Å². The predicted molar refractivity (Wildman–Crippen MR) is 51.7 cm³/mol. The summed E-state index contributed by atoms with van der Waals surface area (Å²) in [7, 11) is -3.17. The van der Waals surface area contributed by atoms with Crippen molar-refractivity contribution in [1.82, 2.24) is 9.97 Å². The normalized spacial score (nSPS) is 10.5. The van der Waals surface area contributed by atoms with Crippen LogP contribution in [0.5, 0.6) is 0 Å².